The molecule has 1 amide bonds. The summed E-state index contributed by atoms with van der Waals surface area (Å²) in [6.45, 7) is 0.101. The molecule has 3 N–H and O–H groups in total. The highest BCUT2D eigenvalue weighted by Crippen LogP contribution is 2.28. The van der Waals surface area contributed by atoms with E-state index < -0.39 is 0 Å². The zero-order valence-electron chi connectivity index (χ0n) is 11.1. The fraction of sp³-hybridized carbons (Fsp3) is 0.133. The minimum absolute atomic E-state index is 0.179. The molecule has 2 aromatic carbocycles. The molecule has 2 rings (SSSR count). The lowest BCUT2D eigenvalue weighted by atomic mass is 10.2. The number of anilines is 1. The van der Waals surface area contributed by atoms with Gasteiger partial charge >= 0.3 is 0 Å². The Morgan fingerprint density at radius 3 is 2.52 bits per heavy atom. The number of nitrogens with two attached hydrogens (primary N) is 1. The summed E-state index contributed by atoms with van der Waals surface area (Å²) in [6.07, 6.45) is 0. The molecule has 2 aromatic rings. The number of ether oxygens (including phenoxy) is 1. The van der Waals surface area contributed by atoms with Crippen molar-refractivity contribution in [3.8, 4) is 5.75 Å². The van der Waals surface area contributed by atoms with E-state index in [9.17, 15) is 4.79 Å². The first-order valence-corrected chi connectivity index (χ1v) is 7.02. The number of hydrogen-bond donors (Lipinski definition) is 2. The Balaban J connectivity index is 2.01. The smallest absolute Gasteiger partial charge is 0.262 e. The number of rotatable bonds is 5. The molecule has 0 fully saturated rings. The highest BCUT2D eigenvalue weighted by molar-refractivity contribution is 6.33. The normalized spacial score (nSPS) is 10.2. The van der Waals surface area contributed by atoms with Gasteiger partial charge in [-0.3, -0.25) is 4.79 Å². The summed E-state index contributed by atoms with van der Waals surface area (Å²) in [6, 6.07) is 12.2. The first kappa shape index (κ1) is 15.6. The number of nitrogens with one attached hydrogen (secondary N) is 1. The van der Waals surface area contributed by atoms with E-state index in [1.165, 1.54) is 0 Å². The van der Waals surface area contributed by atoms with E-state index in [4.69, 9.17) is 33.7 Å². The first-order chi connectivity index (χ1) is 10.1. The highest BCUT2D eigenvalue weighted by Gasteiger charge is 2.11. The van der Waals surface area contributed by atoms with Gasteiger partial charge < -0.3 is 15.8 Å². The van der Waals surface area contributed by atoms with Crippen molar-refractivity contribution >= 4 is 34.8 Å². The molecule has 21 heavy (non-hydrogen) atoms. The molecule has 0 saturated heterocycles. The van der Waals surface area contributed by atoms with Crippen molar-refractivity contribution in [3.05, 3.63) is 58.1 Å². The minimum Gasteiger partial charge on any atom is -0.482 e. The summed E-state index contributed by atoms with van der Waals surface area (Å²) in [4.78, 5) is 11.9. The fourth-order valence-electron chi connectivity index (χ4n) is 1.76. The average Bonchev–Trinajstić information content (AvgIpc) is 2.48. The zero-order valence-corrected chi connectivity index (χ0v) is 12.6. The van der Waals surface area contributed by atoms with Crippen molar-refractivity contribution in [2.24, 2.45) is 5.73 Å². The van der Waals surface area contributed by atoms with E-state index in [2.05, 4.69) is 5.32 Å². The Kier molecular flexibility index (Phi) is 5.44. The monoisotopic (exact) mass is 324 g/mol. The van der Waals surface area contributed by atoms with Crippen LogP contribution < -0.4 is 15.8 Å². The molecule has 0 unspecified atom stereocenters. The lowest BCUT2D eigenvalue weighted by Crippen LogP contribution is -2.21. The predicted molar refractivity (Wildman–Crippen MR) is 84.9 cm³/mol. The lowest BCUT2D eigenvalue weighted by Gasteiger charge is -2.12. The van der Waals surface area contributed by atoms with Crippen LogP contribution in [0.5, 0.6) is 5.75 Å². The van der Waals surface area contributed by atoms with E-state index >= 15 is 0 Å². The molecule has 0 radical (unpaired) electrons. The van der Waals surface area contributed by atoms with Gasteiger partial charge in [-0.25, -0.2) is 0 Å². The van der Waals surface area contributed by atoms with Crippen LogP contribution in [0.15, 0.2) is 42.5 Å². The van der Waals surface area contributed by atoms with Crippen LogP contribution in [0.2, 0.25) is 10.0 Å². The van der Waals surface area contributed by atoms with Gasteiger partial charge in [0.05, 0.1) is 15.7 Å². The molecule has 0 aliphatic carbocycles. The summed E-state index contributed by atoms with van der Waals surface area (Å²) >= 11 is 12.0. The quantitative estimate of drug-likeness (QED) is 0.885. The SMILES string of the molecule is NCc1cccc(Cl)c1OCC(=O)Nc1ccccc1Cl. The van der Waals surface area contributed by atoms with Crippen LogP contribution in [-0.4, -0.2) is 12.5 Å². The second-order valence-corrected chi connectivity index (χ2v) is 5.06. The Bertz CT molecular complexity index is 647. The van der Waals surface area contributed by atoms with Gasteiger partial charge in [0.2, 0.25) is 0 Å². The first-order valence-electron chi connectivity index (χ1n) is 6.26. The van der Waals surface area contributed by atoms with E-state index in [1.807, 2.05) is 0 Å². The highest BCUT2D eigenvalue weighted by atomic mass is 35.5. The average molecular weight is 325 g/mol. The van der Waals surface area contributed by atoms with Gasteiger partial charge in [0.15, 0.2) is 6.61 Å². The maximum Gasteiger partial charge on any atom is 0.262 e. The zero-order chi connectivity index (χ0) is 15.2. The second-order valence-electron chi connectivity index (χ2n) is 4.25. The third kappa shape index (κ3) is 4.11. The maximum atomic E-state index is 11.9. The molecule has 4 nitrogen and oxygen atoms in total. The Morgan fingerprint density at radius 1 is 1.10 bits per heavy atom. The number of amides is 1. The molecule has 0 aliphatic heterocycles. The van der Waals surface area contributed by atoms with Crippen molar-refractivity contribution in [2.75, 3.05) is 11.9 Å². The Labute approximate surface area is 132 Å². The number of carbonyl (C=O) groups is 1. The van der Waals surface area contributed by atoms with Gasteiger partial charge in [-0.05, 0) is 18.2 Å². The Hall–Kier alpha value is -1.75. The molecule has 0 atom stereocenters. The number of benzene rings is 2. The molecule has 0 bridgehead atoms. The topological polar surface area (TPSA) is 64.3 Å². The van der Waals surface area contributed by atoms with Crippen LogP contribution in [0, 0.1) is 0 Å². The minimum atomic E-state index is -0.328. The Morgan fingerprint density at radius 2 is 1.81 bits per heavy atom. The molecule has 6 heteroatoms. The number of carbonyl (C=O) groups excluding carboxylic acids is 1. The van der Waals surface area contributed by atoms with Crippen LogP contribution in [0.3, 0.4) is 0 Å². The standard InChI is InChI=1S/C15H14Cl2N2O2/c16-11-5-1-2-7-13(11)19-14(20)9-21-15-10(8-18)4-3-6-12(15)17/h1-7H,8-9,18H2,(H,19,20). The molecular formula is C15H14Cl2N2O2. The number of halogens is 2. The van der Waals surface area contributed by atoms with Gasteiger partial charge in [-0.2, -0.15) is 0 Å². The van der Waals surface area contributed by atoms with E-state index in [-0.39, 0.29) is 19.1 Å². The maximum absolute atomic E-state index is 11.9. The molecule has 110 valence electrons. The molecule has 0 aliphatic rings. The molecule has 0 spiro atoms. The van der Waals surface area contributed by atoms with Crippen LogP contribution >= 0.6 is 23.2 Å². The van der Waals surface area contributed by atoms with Crippen molar-refractivity contribution < 1.29 is 9.53 Å². The summed E-state index contributed by atoms with van der Waals surface area (Å²) in [5, 5.41) is 3.55. The summed E-state index contributed by atoms with van der Waals surface area (Å²) in [7, 11) is 0. The van der Waals surface area contributed by atoms with Crippen molar-refractivity contribution in [1.29, 1.82) is 0 Å². The van der Waals surface area contributed by atoms with Crippen LogP contribution in [0.25, 0.3) is 0 Å². The van der Waals surface area contributed by atoms with E-state index in [1.54, 1.807) is 42.5 Å². The van der Waals surface area contributed by atoms with Gasteiger partial charge in [-0.15, -0.1) is 0 Å². The number of hydrogen-bond acceptors (Lipinski definition) is 3. The molecule has 0 aromatic heterocycles. The second kappa shape index (κ2) is 7.31. The predicted octanol–water partition coefficient (Wildman–Crippen LogP) is 3.47. The summed E-state index contributed by atoms with van der Waals surface area (Å²) in [5.74, 6) is 0.0990. The lowest BCUT2D eigenvalue weighted by molar-refractivity contribution is -0.118. The van der Waals surface area contributed by atoms with Crippen LogP contribution in [0.1, 0.15) is 5.56 Å². The summed E-state index contributed by atoms with van der Waals surface area (Å²) < 4.78 is 5.47. The van der Waals surface area contributed by atoms with Gasteiger partial charge in [0.1, 0.15) is 5.75 Å². The van der Waals surface area contributed by atoms with Crippen LogP contribution in [0.4, 0.5) is 5.69 Å². The fourth-order valence-corrected chi connectivity index (χ4v) is 2.19. The number of para-hydroxylation sites is 2. The van der Waals surface area contributed by atoms with Gasteiger partial charge in [0.25, 0.3) is 5.91 Å². The van der Waals surface area contributed by atoms with Crippen LogP contribution in [-0.2, 0) is 11.3 Å². The van der Waals surface area contributed by atoms with Gasteiger partial charge in [-0.1, -0.05) is 47.5 Å². The largest absolute Gasteiger partial charge is 0.482 e. The summed E-state index contributed by atoms with van der Waals surface area (Å²) in [5.41, 5.74) is 6.89. The molecular weight excluding hydrogens is 311 g/mol. The molecule has 0 saturated carbocycles. The van der Waals surface area contributed by atoms with Crippen molar-refractivity contribution in [3.63, 3.8) is 0 Å². The van der Waals surface area contributed by atoms with Crippen molar-refractivity contribution in [2.45, 2.75) is 6.54 Å². The van der Waals surface area contributed by atoms with E-state index in [0.29, 0.717) is 21.5 Å². The van der Waals surface area contributed by atoms with Crippen molar-refractivity contribution in [1.82, 2.24) is 0 Å². The van der Waals surface area contributed by atoms with Gasteiger partial charge in [0, 0.05) is 12.1 Å². The molecule has 0 heterocycles. The van der Waals surface area contributed by atoms with E-state index in [0.717, 1.165) is 5.56 Å². The third-order valence-electron chi connectivity index (χ3n) is 2.76. The third-order valence-corrected chi connectivity index (χ3v) is 3.39.